The van der Waals surface area contributed by atoms with Gasteiger partial charge in [-0.1, -0.05) is 44.2 Å². The summed E-state index contributed by atoms with van der Waals surface area (Å²) in [6.07, 6.45) is 2.71. The smallest absolute Gasteiger partial charge is 0.308 e. The van der Waals surface area contributed by atoms with Crippen molar-refractivity contribution in [3.8, 4) is 0 Å². The van der Waals surface area contributed by atoms with E-state index < -0.39 is 6.10 Å². The number of carbonyl (C=O) groups excluding carboxylic acids is 1. The van der Waals surface area contributed by atoms with E-state index in [4.69, 9.17) is 4.74 Å². The summed E-state index contributed by atoms with van der Waals surface area (Å²) in [5, 5.41) is 9.43. The number of carbonyl (C=O) groups is 1. The first-order valence-electron chi connectivity index (χ1n) is 8.79. The van der Waals surface area contributed by atoms with Crippen LogP contribution in [-0.2, 0) is 16.0 Å². The van der Waals surface area contributed by atoms with Crippen molar-refractivity contribution in [1.29, 1.82) is 0 Å². The molecule has 1 N–H and O–H groups in total. The molecule has 3 fully saturated rings. The van der Waals surface area contributed by atoms with Crippen LogP contribution in [0.15, 0.2) is 30.3 Å². The number of fused-ring (bicyclic) bond motifs is 2. The lowest BCUT2D eigenvalue weighted by Gasteiger charge is -2.61. The Morgan fingerprint density at radius 3 is 2.61 bits per heavy atom. The Bertz CT molecular complexity index is 549. The van der Waals surface area contributed by atoms with Crippen LogP contribution in [0.5, 0.6) is 0 Å². The molecule has 2 bridgehead atoms. The monoisotopic (exact) mass is 316 g/mol. The van der Waals surface area contributed by atoms with Gasteiger partial charge in [-0.05, 0) is 43.1 Å². The summed E-state index contributed by atoms with van der Waals surface area (Å²) in [5.41, 5.74) is 1.58. The molecular formula is C20H28O3. The molecule has 0 amide bonds. The SMILES string of the molecule is CC(O)CC(=O)O[C@H]1[C@H](Cc2ccccc2)C[C@H]2C[C@@H]1C2(C)C. The van der Waals surface area contributed by atoms with Crippen molar-refractivity contribution in [2.45, 2.75) is 58.7 Å². The second-order valence-corrected chi connectivity index (χ2v) is 8.05. The van der Waals surface area contributed by atoms with E-state index in [0.29, 0.717) is 11.8 Å². The molecule has 126 valence electrons. The number of esters is 1. The number of hydrogen-bond donors (Lipinski definition) is 1. The maximum atomic E-state index is 12.1. The Morgan fingerprint density at radius 2 is 2.00 bits per heavy atom. The molecule has 0 aromatic heterocycles. The van der Waals surface area contributed by atoms with Gasteiger partial charge >= 0.3 is 5.97 Å². The fourth-order valence-electron chi connectivity index (χ4n) is 4.58. The third-order valence-electron chi connectivity index (χ3n) is 6.07. The molecule has 3 saturated carbocycles. The van der Waals surface area contributed by atoms with Gasteiger partial charge in [0.1, 0.15) is 6.10 Å². The number of aliphatic hydroxyl groups is 1. The number of benzene rings is 1. The molecule has 3 nitrogen and oxygen atoms in total. The fourth-order valence-corrected chi connectivity index (χ4v) is 4.58. The zero-order chi connectivity index (χ0) is 16.6. The number of rotatable bonds is 5. The van der Waals surface area contributed by atoms with E-state index in [1.54, 1.807) is 6.92 Å². The van der Waals surface area contributed by atoms with Gasteiger partial charge in [0, 0.05) is 11.8 Å². The van der Waals surface area contributed by atoms with Crippen LogP contribution in [0.25, 0.3) is 0 Å². The first-order chi connectivity index (χ1) is 10.9. The maximum Gasteiger partial charge on any atom is 0.308 e. The van der Waals surface area contributed by atoms with Crippen LogP contribution < -0.4 is 0 Å². The minimum atomic E-state index is -0.638. The van der Waals surface area contributed by atoms with Crippen LogP contribution in [0.4, 0.5) is 0 Å². The predicted octanol–water partition coefficient (Wildman–Crippen LogP) is 3.59. The summed E-state index contributed by atoms with van der Waals surface area (Å²) in [6, 6.07) is 10.5. The molecule has 0 heterocycles. The minimum Gasteiger partial charge on any atom is -0.462 e. The topological polar surface area (TPSA) is 46.5 Å². The van der Waals surface area contributed by atoms with Crippen molar-refractivity contribution in [3.63, 3.8) is 0 Å². The van der Waals surface area contributed by atoms with Crippen LogP contribution in [0, 0.1) is 23.2 Å². The molecule has 4 rings (SSSR count). The number of aliphatic hydroxyl groups excluding tert-OH is 1. The Kier molecular flexibility index (Phi) is 4.50. The first-order valence-corrected chi connectivity index (χ1v) is 8.79. The van der Waals surface area contributed by atoms with E-state index in [2.05, 4.69) is 38.1 Å². The molecule has 0 radical (unpaired) electrons. The van der Waals surface area contributed by atoms with Gasteiger partial charge < -0.3 is 9.84 Å². The summed E-state index contributed by atoms with van der Waals surface area (Å²) in [7, 11) is 0. The summed E-state index contributed by atoms with van der Waals surface area (Å²) in [5.74, 6) is 1.33. The van der Waals surface area contributed by atoms with Crippen molar-refractivity contribution in [1.82, 2.24) is 0 Å². The molecule has 3 aliphatic carbocycles. The van der Waals surface area contributed by atoms with Gasteiger partial charge in [-0.15, -0.1) is 0 Å². The molecule has 0 aliphatic heterocycles. The minimum absolute atomic E-state index is 0.0125. The van der Waals surface area contributed by atoms with Gasteiger partial charge in [-0.25, -0.2) is 0 Å². The van der Waals surface area contributed by atoms with Crippen molar-refractivity contribution < 1.29 is 14.6 Å². The summed E-state index contributed by atoms with van der Waals surface area (Å²) in [4.78, 5) is 12.1. The average Bonchev–Trinajstić information content (AvgIpc) is 2.48. The van der Waals surface area contributed by atoms with Gasteiger partial charge in [0.15, 0.2) is 0 Å². The molecule has 5 atom stereocenters. The zero-order valence-corrected chi connectivity index (χ0v) is 14.4. The normalized spacial score (nSPS) is 32.7. The van der Waals surface area contributed by atoms with Gasteiger partial charge in [-0.3, -0.25) is 4.79 Å². The highest BCUT2D eigenvalue weighted by molar-refractivity contribution is 5.70. The summed E-state index contributed by atoms with van der Waals surface area (Å²) in [6.45, 7) is 6.24. The van der Waals surface area contributed by atoms with E-state index in [-0.39, 0.29) is 23.9 Å². The second-order valence-electron chi connectivity index (χ2n) is 8.05. The van der Waals surface area contributed by atoms with Crippen LogP contribution in [0.3, 0.4) is 0 Å². The van der Waals surface area contributed by atoms with E-state index in [0.717, 1.165) is 18.8 Å². The lowest BCUT2D eigenvalue weighted by atomic mass is 9.45. The van der Waals surface area contributed by atoms with E-state index in [1.807, 2.05) is 6.07 Å². The molecular weight excluding hydrogens is 288 g/mol. The molecule has 0 spiro atoms. The van der Waals surface area contributed by atoms with E-state index in [9.17, 15) is 9.90 Å². The van der Waals surface area contributed by atoms with Gasteiger partial charge in [-0.2, -0.15) is 0 Å². The molecule has 23 heavy (non-hydrogen) atoms. The van der Waals surface area contributed by atoms with Crippen LogP contribution in [-0.4, -0.2) is 23.3 Å². The van der Waals surface area contributed by atoms with Gasteiger partial charge in [0.05, 0.1) is 12.5 Å². The Balaban J connectivity index is 1.73. The highest BCUT2D eigenvalue weighted by atomic mass is 16.5. The third-order valence-corrected chi connectivity index (χ3v) is 6.07. The Labute approximate surface area is 139 Å². The zero-order valence-electron chi connectivity index (χ0n) is 14.4. The van der Waals surface area contributed by atoms with Crippen molar-refractivity contribution in [2.75, 3.05) is 0 Å². The molecule has 0 saturated heterocycles. The Hall–Kier alpha value is -1.35. The maximum absolute atomic E-state index is 12.1. The second kappa shape index (κ2) is 6.27. The third kappa shape index (κ3) is 3.30. The lowest BCUT2D eigenvalue weighted by molar-refractivity contribution is -0.199. The molecule has 1 unspecified atom stereocenters. The predicted molar refractivity (Wildman–Crippen MR) is 89.8 cm³/mol. The number of ether oxygens (including phenoxy) is 1. The standard InChI is InChI=1S/C20H28O3/c1-13(21)9-18(22)23-19-15(10-14-7-5-4-6-8-14)11-16-12-17(19)20(16,2)3/h4-8,13,15-17,19,21H,9-12H2,1-3H3/t13?,15-,16+,17+,19+/m1/s1. The largest absolute Gasteiger partial charge is 0.462 e. The highest BCUT2D eigenvalue weighted by Crippen LogP contribution is 2.61. The Morgan fingerprint density at radius 1 is 1.30 bits per heavy atom. The molecule has 1 aromatic carbocycles. The van der Waals surface area contributed by atoms with Crippen LogP contribution >= 0.6 is 0 Å². The average molecular weight is 316 g/mol. The first kappa shape index (κ1) is 16.5. The molecule has 3 heteroatoms. The van der Waals surface area contributed by atoms with Crippen LogP contribution in [0.1, 0.15) is 45.6 Å². The van der Waals surface area contributed by atoms with Crippen molar-refractivity contribution >= 4 is 5.97 Å². The fraction of sp³-hybridized carbons (Fsp3) is 0.650. The molecule has 1 aromatic rings. The van der Waals surface area contributed by atoms with Crippen molar-refractivity contribution in [2.24, 2.45) is 23.2 Å². The highest BCUT2D eigenvalue weighted by Gasteiger charge is 2.59. The van der Waals surface area contributed by atoms with E-state index in [1.165, 1.54) is 12.0 Å². The molecule has 3 aliphatic rings. The van der Waals surface area contributed by atoms with Crippen LogP contribution in [0.2, 0.25) is 0 Å². The lowest BCUT2D eigenvalue weighted by Crippen LogP contribution is -2.59. The van der Waals surface area contributed by atoms with Gasteiger partial charge in [0.25, 0.3) is 0 Å². The van der Waals surface area contributed by atoms with Gasteiger partial charge in [0.2, 0.25) is 0 Å². The summed E-state index contributed by atoms with van der Waals surface area (Å²) < 4.78 is 5.87. The quantitative estimate of drug-likeness (QED) is 0.844. The van der Waals surface area contributed by atoms with E-state index >= 15 is 0 Å². The number of hydrogen-bond acceptors (Lipinski definition) is 3. The van der Waals surface area contributed by atoms with Crippen molar-refractivity contribution in [3.05, 3.63) is 35.9 Å². The summed E-state index contributed by atoms with van der Waals surface area (Å²) >= 11 is 0.